The summed E-state index contributed by atoms with van der Waals surface area (Å²) in [7, 11) is 0.917. The second-order valence-corrected chi connectivity index (χ2v) is 15.1. The van der Waals surface area contributed by atoms with Gasteiger partial charge in [0.15, 0.2) is 14.6 Å². The fourth-order valence-electron chi connectivity index (χ4n) is 4.27. The zero-order chi connectivity index (χ0) is 24.4. The first-order chi connectivity index (χ1) is 15.4. The number of rotatable bonds is 7. The Morgan fingerprint density at radius 2 is 1.76 bits per heavy atom. The number of methoxy groups -OCH3 is 2. The molecule has 1 N–H and O–H groups in total. The van der Waals surface area contributed by atoms with E-state index in [1.807, 2.05) is 37.3 Å². The van der Waals surface area contributed by atoms with Gasteiger partial charge in [-0.25, -0.2) is 0 Å². The molecule has 2 aliphatic heterocycles. The van der Waals surface area contributed by atoms with Gasteiger partial charge in [-0.1, -0.05) is 51.1 Å². The highest BCUT2D eigenvalue weighted by Crippen LogP contribution is 2.42. The number of aliphatic hydroxyl groups is 1. The molecule has 2 aliphatic rings. The number of nitrogens with zero attached hydrogens (tertiary/aromatic N) is 1. The zero-order valence-corrected chi connectivity index (χ0v) is 22.2. The summed E-state index contributed by atoms with van der Waals surface area (Å²) in [5, 5.41) is 12.8. The van der Waals surface area contributed by atoms with E-state index in [0.29, 0.717) is 13.2 Å². The van der Waals surface area contributed by atoms with Gasteiger partial charge in [0.05, 0.1) is 19.3 Å². The standard InChI is InChI=1S/C24H41NO7Si/c1-17-29-15-19(32-33(7,8)23(2,3)4)21(31-17)22-24(27-5,28-6)20(26)16-30-25(22)14-18-12-10-9-11-13-18/h9-13,17,19-22,26H,14-16H2,1-8H3/t17-,19-,20-,21-,22+/m1/s1. The molecule has 1 aromatic rings. The molecule has 0 aromatic heterocycles. The first kappa shape index (κ1) is 26.7. The highest BCUT2D eigenvalue weighted by molar-refractivity contribution is 6.74. The Labute approximate surface area is 199 Å². The number of ether oxygens (including phenoxy) is 4. The predicted octanol–water partition coefficient (Wildman–Crippen LogP) is 3.30. The summed E-state index contributed by atoms with van der Waals surface area (Å²) in [6, 6.07) is 9.40. The fourth-order valence-corrected chi connectivity index (χ4v) is 5.58. The van der Waals surface area contributed by atoms with Crippen LogP contribution in [0.5, 0.6) is 0 Å². The largest absolute Gasteiger partial charge is 0.409 e. The monoisotopic (exact) mass is 483 g/mol. The molecule has 2 saturated heterocycles. The molecule has 33 heavy (non-hydrogen) atoms. The highest BCUT2D eigenvalue weighted by Gasteiger charge is 2.60. The van der Waals surface area contributed by atoms with Crippen molar-refractivity contribution in [1.82, 2.24) is 5.06 Å². The lowest BCUT2D eigenvalue weighted by Crippen LogP contribution is -2.73. The quantitative estimate of drug-likeness (QED) is 0.468. The molecule has 0 saturated carbocycles. The first-order valence-corrected chi connectivity index (χ1v) is 14.5. The van der Waals surface area contributed by atoms with Crippen LogP contribution < -0.4 is 0 Å². The summed E-state index contributed by atoms with van der Waals surface area (Å²) in [5.74, 6) is -1.37. The Hall–Kier alpha value is -0.883. The van der Waals surface area contributed by atoms with Crippen LogP contribution in [0.2, 0.25) is 18.1 Å². The van der Waals surface area contributed by atoms with Gasteiger partial charge >= 0.3 is 0 Å². The molecule has 3 rings (SSSR count). The minimum absolute atomic E-state index is 0.00647. The van der Waals surface area contributed by atoms with Crippen LogP contribution in [-0.4, -0.2) is 82.4 Å². The molecule has 188 valence electrons. The van der Waals surface area contributed by atoms with E-state index in [-0.39, 0.29) is 17.7 Å². The number of hydroxylamine groups is 2. The van der Waals surface area contributed by atoms with Crippen LogP contribution in [0.4, 0.5) is 0 Å². The molecule has 0 bridgehead atoms. The van der Waals surface area contributed by atoms with Gasteiger partial charge in [0.25, 0.3) is 0 Å². The fraction of sp³-hybridized carbons (Fsp3) is 0.750. The second kappa shape index (κ2) is 10.4. The smallest absolute Gasteiger partial charge is 0.217 e. The average Bonchev–Trinajstić information content (AvgIpc) is 2.76. The van der Waals surface area contributed by atoms with Crippen molar-refractivity contribution in [3.05, 3.63) is 35.9 Å². The molecule has 0 amide bonds. The maximum Gasteiger partial charge on any atom is 0.217 e. The normalized spacial score (nSPS) is 31.5. The van der Waals surface area contributed by atoms with Crippen molar-refractivity contribution in [2.45, 2.75) is 88.8 Å². The molecular formula is C24H41NO7Si. The minimum atomic E-state index is -2.16. The third-order valence-corrected chi connectivity index (χ3v) is 11.7. The van der Waals surface area contributed by atoms with Crippen LogP contribution in [-0.2, 0) is 34.8 Å². The molecule has 2 fully saturated rings. The SMILES string of the molecule is COC1(OC)[C@H](O)CON(Cc2ccccc2)[C@H]1[C@@H]1O[C@H](C)OC[C@H]1O[Si](C)(C)C(C)(C)C. The van der Waals surface area contributed by atoms with Crippen molar-refractivity contribution in [2.75, 3.05) is 27.4 Å². The van der Waals surface area contributed by atoms with Crippen molar-refractivity contribution < 1.29 is 33.3 Å². The lowest BCUT2D eigenvalue weighted by Gasteiger charge is -2.55. The highest BCUT2D eigenvalue weighted by atomic mass is 28.4. The van der Waals surface area contributed by atoms with Gasteiger partial charge in [0.2, 0.25) is 5.79 Å². The van der Waals surface area contributed by atoms with Gasteiger partial charge in [-0.3, -0.25) is 4.84 Å². The second-order valence-electron chi connectivity index (χ2n) is 10.4. The van der Waals surface area contributed by atoms with Crippen LogP contribution in [0.1, 0.15) is 33.3 Å². The van der Waals surface area contributed by atoms with Crippen molar-refractivity contribution >= 4 is 8.32 Å². The summed E-state index contributed by atoms with van der Waals surface area (Å²) in [5.41, 5.74) is 1.06. The molecule has 1 aromatic carbocycles. The Morgan fingerprint density at radius 3 is 2.33 bits per heavy atom. The van der Waals surface area contributed by atoms with Gasteiger partial charge in [-0.2, -0.15) is 5.06 Å². The molecular weight excluding hydrogens is 442 g/mol. The first-order valence-electron chi connectivity index (χ1n) is 11.6. The van der Waals surface area contributed by atoms with E-state index < -0.39 is 38.6 Å². The molecule has 2 heterocycles. The number of benzene rings is 1. The molecule has 8 nitrogen and oxygen atoms in total. The third-order valence-electron chi connectivity index (χ3n) is 7.18. The lowest BCUT2D eigenvalue weighted by atomic mass is 9.90. The predicted molar refractivity (Wildman–Crippen MR) is 127 cm³/mol. The molecule has 9 heteroatoms. The number of aliphatic hydroxyl groups excluding tert-OH is 1. The Bertz CT molecular complexity index is 753. The van der Waals surface area contributed by atoms with Gasteiger partial charge in [-0.15, -0.1) is 0 Å². The molecule has 0 unspecified atom stereocenters. The van der Waals surface area contributed by atoms with Crippen LogP contribution >= 0.6 is 0 Å². The van der Waals surface area contributed by atoms with Crippen LogP contribution in [0.25, 0.3) is 0 Å². The minimum Gasteiger partial charge on any atom is -0.409 e. The van der Waals surface area contributed by atoms with Gasteiger partial charge < -0.3 is 28.5 Å². The maximum absolute atomic E-state index is 11.0. The van der Waals surface area contributed by atoms with Crippen molar-refractivity contribution in [1.29, 1.82) is 0 Å². The molecule has 5 atom stereocenters. The van der Waals surface area contributed by atoms with E-state index >= 15 is 0 Å². The topological polar surface area (TPSA) is 78.9 Å². The third kappa shape index (κ3) is 5.52. The zero-order valence-electron chi connectivity index (χ0n) is 21.2. The summed E-state index contributed by atoms with van der Waals surface area (Å²) >= 11 is 0. The maximum atomic E-state index is 11.0. The molecule has 0 spiro atoms. The van der Waals surface area contributed by atoms with E-state index in [2.05, 4.69) is 33.9 Å². The van der Waals surface area contributed by atoms with Gasteiger partial charge in [0, 0.05) is 20.8 Å². The van der Waals surface area contributed by atoms with Crippen molar-refractivity contribution in [3.63, 3.8) is 0 Å². The van der Waals surface area contributed by atoms with Crippen LogP contribution in [0, 0.1) is 0 Å². The van der Waals surface area contributed by atoms with E-state index in [4.69, 9.17) is 28.2 Å². The van der Waals surface area contributed by atoms with E-state index in [9.17, 15) is 5.11 Å². The van der Waals surface area contributed by atoms with E-state index in [1.165, 1.54) is 14.2 Å². The van der Waals surface area contributed by atoms with Crippen molar-refractivity contribution in [3.8, 4) is 0 Å². The summed E-state index contributed by atoms with van der Waals surface area (Å²) in [6.45, 7) is 13.7. The molecule has 0 radical (unpaired) electrons. The molecule has 0 aliphatic carbocycles. The van der Waals surface area contributed by atoms with Crippen LogP contribution in [0.3, 0.4) is 0 Å². The van der Waals surface area contributed by atoms with E-state index in [0.717, 1.165) is 5.56 Å². The van der Waals surface area contributed by atoms with E-state index in [1.54, 1.807) is 5.06 Å². The Morgan fingerprint density at radius 1 is 1.12 bits per heavy atom. The van der Waals surface area contributed by atoms with Gasteiger partial charge in [-0.05, 0) is 30.6 Å². The summed E-state index contributed by atoms with van der Waals surface area (Å²) in [6.07, 6.45) is -2.37. The van der Waals surface area contributed by atoms with Crippen LogP contribution in [0.15, 0.2) is 30.3 Å². The average molecular weight is 484 g/mol. The van der Waals surface area contributed by atoms with Crippen molar-refractivity contribution in [2.24, 2.45) is 0 Å². The lowest BCUT2D eigenvalue weighted by molar-refractivity contribution is -0.409. The Balaban J connectivity index is 2.02. The number of hydrogen-bond acceptors (Lipinski definition) is 8. The summed E-state index contributed by atoms with van der Waals surface area (Å²) < 4.78 is 30.8. The Kier molecular flexibility index (Phi) is 8.41. The summed E-state index contributed by atoms with van der Waals surface area (Å²) in [4.78, 5) is 6.06. The van der Waals surface area contributed by atoms with Gasteiger partial charge in [0.1, 0.15) is 18.2 Å². The number of hydrogen-bond donors (Lipinski definition) is 1.